The van der Waals surface area contributed by atoms with E-state index in [-0.39, 0.29) is 31.3 Å². The lowest BCUT2D eigenvalue weighted by Crippen LogP contribution is -2.58. The number of guanidine groups is 1. The average molecular weight is 490 g/mol. The Kier molecular flexibility index (Phi) is 13.8. The quantitative estimate of drug-likeness (QED) is 0.0580. The number of carbonyl (C=O) groups excluding carboxylic acids is 3. The molecule has 0 aliphatic heterocycles. The monoisotopic (exact) mass is 489 g/mol. The molecule has 0 heterocycles. The first-order chi connectivity index (χ1) is 15.8. The lowest BCUT2D eigenvalue weighted by atomic mass is 10.0. The van der Waals surface area contributed by atoms with Crippen LogP contribution in [0.2, 0.25) is 0 Å². The molecule has 15 nitrogen and oxygen atoms in total. The van der Waals surface area contributed by atoms with Gasteiger partial charge in [-0.15, -0.1) is 0 Å². The highest BCUT2D eigenvalue weighted by Gasteiger charge is 2.31. The van der Waals surface area contributed by atoms with Crippen molar-refractivity contribution in [1.29, 1.82) is 0 Å². The van der Waals surface area contributed by atoms with Gasteiger partial charge >= 0.3 is 11.9 Å². The van der Waals surface area contributed by atoms with E-state index in [0.717, 1.165) is 0 Å². The fourth-order valence-electron chi connectivity index (χ4n) is 2.74. The zero-order valence-corrected chi connectivity index (χ0v) is 19.2. The van der Waals surface area contributed by atoms with Crippen LogP contribution in [0.4, 0.5) is 0 Å². The summed E-state index contributed by atoms with van der Waals surface area (Å²) in [6.45, 7) is 2.81. The minimum Gasteiger partial charge on any atom is -0.481 e. The molecule has 3 amide bonds. The highest BCUT2D eigenvalue weighted by Crippen LogP contribution is 2.06. The second kappa shape index (κ2) is 15.4. The molecule has 0 aromatic heterocycles. The number of nitrogens with two attached hydrogens (primary N) is 3. The van der Waals surface area contributed by atoms with E-state index in [4.69, 9.17) is 22.3 Å². The Labute approximate surface area is 196 Å². The van der Waals surface area contributed by atoms with Crippen molar-refractivity contribution >= 4 is 35.6 Å². The molecule has 0 aliphatic rings. The number of rotatable bonds is 16. The van der Waals surface area contributed by atoms with E-state index >= 15 is 0 Å². The molecule has 0 spiro atoms. The van der Waals surface area contributed by atoms with E-state index < -0.39 is 66.9 Å². The normalized spacial score (nSPS) is 14.3. The first-order valence-corrected chi connectivity index (χ1v) is 10.6. The van der Waals surface area contributed by atoms with Crippen molar-refractivity contribution in [3.63, 3.8) is 0 Å². The van der Waals surface area contributed by atoms with Crippen LogP contribution in [0, 0.1) is 5.92 Å². The third kappa shape index (κ3) is 12.5. The van der Waals surface area contributed by atoms with Crippen molar-refractivity contribution in [2.75, 3.05) is 13.2 Å². The fraction of sp³-hybridized carbons (Fsp3) is 0.684. The van der Waals surface area contributed by atoms with Gasteiger partial charge in [0.2, 0.25) is 17.7 Å². The predicted octanol–water partition coefficient (Wildman–Crippen LogP) is -3.58. The van der Waals surface area contributed by atoms with Gasteiger partial charge in [0.1, 0.15) is 18.1 Å². The minimum atomic E-state index is -1.61. The maximum Gasteiger partial charge on any atom is 0.326 e. The number of carboxylic acid groups (broad SMARTS) is 2. The molecule has 4 unspecified atom stereocenters. The number of aliphatic hydroxyl groups excluding tert-OH is 1. The SMILES string of the molecule is CC(C)CC(NC(=O)C(CO)NC(=O)C(CC(=O)O)NC(=O)C(N)CCCN=C(N)N)C(=O)O. The van der Waals surface area contributed by atoms with E-state index in [1.807, 2.05) is 0 Å². The van der Waals surface area contributed by atoms with Crippen LogP contribution in [0.1, 0.15) is 39.5 Å². The Bertz CT molecular complexity index is 755. The lowest BCUT2D eigenvalue weighted by Gasteiger charge is -2.24. The number of amides is 3. The maximum absolute atomic E-state index is 12.6. The maximum atomic E-state index is 12.6. The number of aliphatic imine (C=N–C) groups is 1. The molecule has 0 bridgehead atoms. The number of nitrogens with zero attached hydrogens (tertiary/aromatic N) is 1. The lowest BCUT2D eigenvalue weighted by molar-refractivity contribution is -0.143. The van der Waals surface area contributed by atoms with Gasteiger partial charge in [-0.25, -0.2) is 4.79 Å². The highest BCUT2D eigenvalue weighted by atomic mass is 16.4. The Balaban J connectivity index is 5.17. The summed E-state index contributed by atoms with van der Waals surface area (Å²) in [4.78, 5) is 63.5. The molecule has 0 radical (unpaired) electrons. The molecular formula is C19H35N7O8. The third-order valence-electron chi connectivity index (χ3n) is 4.45. The zero-order valence-electron chi connectivity index (χ0n) is 19.2. The predicted molar refractivity (Wildman–Crippen MR) is 120 cm³/mol. The van der Waals surface area contributed by atoms with Crippen LogP contribution in [0.25, 0.3) is 0 Å². The van der Waals surface area contributed by atoms with Gasteiger partial charge in [-0.05, 0) is 25.2 Å². The molecular weight excluding hydrogens is 454 g/mol. The Morgan fingerprint density at radius 1 is 0.882 bits per heavy atom. The van der Waals surface area contributed by atoms with Crippen molar-refractivity contribution in [1.82, 2.24) is 16.0 Å². The molecule has 0 saturated carbocycles. The summed E-state index contributed by atoms with van der Waals surface area (Å²) >= 11 is 0. The van der Waals surface area contributed by atoms with E-state index in [1.165, 1.54) is 0 Å². The van der Waals surface area contributed by atoms with Crippen LogP contribution in [0.15, 0.2) is 4.99 Å². The first kappa shape index (κ1) is 30.5. The minimum absolute atomic E-state index is 0.0672. The molecule has 0 rings (SSSR count). The van der Waals surface area contributed by atoms with E-state index in [0.29, 0.717) is 6.42 Å². The Morgan fingerprint density at radius 2 is 1.41 bits per heavy atom. The van der Waals surface area contributed by atoms with Crippen molar-refractivity contribution < 1.29 is 39.3 Å². The number of hydrogen-bond donors (Lipinski definition) is 9. The van der Waals surface area contributed by atoms with Gasteiger partial charge in [-0.1, -0.05) is 13.8 Å². The molecule has 0 fully saturated rings. The molecule has 194 valence electrons. The largest absolute Gasteiger partial charge is 0.481 e. The summed E-state index contributed by atoms with van der Waals surface area (Å²) < 4.78 is 0. The van der Waals surface area contributed by atoms with E-state index in [2.05, 4.69) is 20.9 Å². The van der Waals surface area contributed by atoms with Gasteiger partial charge in [0.25, 0.3) is 0 Å². The fourth-order valence-corrected chi connectivity index (χ4v) is 2.74. The highest BCUT2D eigenvalue weighted by molar-refractivity contribution is 5.95. The molecule has 0 aromatic rings. The topological polar surface area (TPSA) is 273 Å². The second-order valence-electron chi connectivity index (χ2n) is 7.99. The van der Waals surface area contributed by atoms with Gasteiger partial charge in [0, 0.05) is 6.54 Å². The number of carboxylic acids is 2. The molecule has 12 N–H and O–H groups in total. The number of aliphatic carboxylic acids is 2. The summed E-state index contributed by atoms with van der Waals surface area (Å²) in [6, 6.07) is -5.54. The van der Waals surface area contributed by atoms with Gasteiger partial charge in [-0.2, -0.15) is 0 Å². The summed E-state index contributed by atoms with van der Waals surface area (Å²) in [7, 11) is 0. The molecule has 34 heavy (non-hydrogen) atoms. The van der Waals surface area contributed by atoms with Crippen LogP contribution in [-0.2, 0) is 24.0 Å². The van der Waals surface area contributed by atoms with Crippen molar-refractivity contribution in [2.24, 2.45) is 28.1 Å². The van der Waals surface area contributed by atoms with Gasteiger partial charge in [0.15, 0.2) is 5.96 Å². The van der Waals surface area contributed by atoms with Gasteiger partial charge in [-0.3, -0.25) is 24.2 Å². The smallest absolute Gasteiger partial charge is 0.326 e. The van der Waals surface area contributed by atoms with Crippen LogP contribution >= 0.6 is 0 Å². The van der Waals surface area contributed by atoms with Crippen molar-refractivity contribution in [3.8, 4) is 0 Å². The molecule has 0 aliphatic carbocycles. The number of aliphatic hydroxyl groups is 1. The summed E-state index contributed by atoms with van der Waals surface area (Å²) in [5, 5.41) is 34.4. The van der Waals surface area contributed by atoms with Crippen LogP contribution in [-0.4, -0.2) is 88.3 Å². The average Bonchev–Trinajstić information content (AvgIpc) is 2.72. The number of carbonyl (C=O) groups is 5. The third-order valence-corrected chi connectivity index (χ3v) is 4.45. The van der Waals surface area contributed by atoms with Crippen molar-refractivity contribution in [3.05, 3.63) is 0 Å². The van der Waals surface area contributed by atoms with Crippen LogP contribution in [0.5, 0.6) is 0 Å². The summed E-state index contributed by atoms with van der Waals surface area (Å²) in [6.07, 6.45) is -0.247. The zero-order chi connectivity index (χ0) is 26.4. The standard InChI is InChI=1S/C19H35N7O8/c1-9(2)6-12(18(33)34)25-17(32)13(8-27)26-16(31)11(7-14(28)29)24-15(30)10(20)4-3-5-23-19(21)22/h9-13,27H,3-8,20H2,1-2H3,(H,24,30)(H,25,32)(H,26,31)(H,28,29)(H,33,34)(H4,21,22,23). The van der Waals surface area contributed by atoms with Crippen LogP contribution < -0.4 is 33.2 Å². The van der Waals surface area contributed by atoms with Gasteiger partial charge in [0.05, 0.1) is 19.1 Å². The molecule has 15 heteroatoms. The van der Waals surface area contributed by atoms with Crippen molar-refractivity contribution in [2.45, 2.75) is 63.7 Å². The molecule has 4 atom stereocenters. The molecule has 0 saturated heterocycles. The Morgan fingerprint density at radius 3 is 1.88 bits per heavy atom. The number of nitrogens with one attached hydrogen (secondary N) is 3. The van der Waals surface area contributed by atoms with E-state index in [9.17, 15) is 34.2 Å². The van der Waals surface area contributed by atoms with E-state index in [1.54, 1.807) is 13.8 Å². The Hall–Kier alpha value is -3.46. The summed E-state index contributed by atoms with van der Waals surface area (Å²) in [5.41, 5.74) is 16.1. The van der Waals surface area contributed by atoms with Crippen LogP contribution in [0.3, 0.4) is 0 Å². The molecule has 0 aromatic carbocycles. The summed E-state index contributed by atoms with van der Waals surface area (Å²) in [5.74, 6) is -5.79. The van der Waals surface area contributed by atoms with Gasteiger partial charge < -0.3 is 48.5 Å². The first-order valence-electron chi connectivity index (χ1n) is 10.6. The second-order valence-corrected chi connectivity index (χ2v) is 7.99. The number of hydrogen-bond acceptors (Lipinski definition) is 8.